The molecule has 1 saturated heterocycles. The van der Waals surface area contributed by atoms with Crippen molar-refractivity contribution in [2.75, 3.05) is 26.3 Å². The van der Waals surface area contributed by atoms with Gasteiger partial charge in [-0.2, -0.15) is 0 Å². The van der Waals surface area contributed by atoms with Crippen molar-refractivity contribution in [3.05, 3.63) is 29.3 Å². The first kappa shape index (κ1) is 13.6. The molecule has 1 aromatic carbocycles. The molecule has 3 rings (SSSR count). The van der Waals surface area contributed by atoms with E-state index >= 15 is 0 Å². The van der Waals surface area contributed by atoms with Crippen molar-refractivity contribution >= 4 is 5.78 Å². The molecule has 2 unspecified atom stereocenters. The molecule has 2 atom stereocenters. The molecule has 108 valence electrons. The molecule has 0 radical (unpaired) electrons. The van der Waals surface area contributed by atoms with Crippen LogP contribution in [0.4, 0.5) is 0 Å². The van der Waals surface area contributed by atoms with Gasteiger partial charge < -0.3 is 9.47 Å². The Kier molecular flexibility index (Phi) is 3.76. The minimum Gasteiger partial charge on any atom is -0.493 e. The molecular formula is C16H21NO3. The topological polar surface area (TPSA) is 38.8 Å². The van der Waals surface area contributed by atoms with Gasteiger partial charge in [0, 0.05) is 24.6 Å². The summed E-state index contributed by atoms with van der Waals surface area (Å²) in [6.07, 6.45) is 1.11. The number of carbonyl (C=O) groups is 1. The first-order valence-corrected chi connectivity index (χ1v) is 7.28. The fourth-order valence-electron chi connectivity index (χ4n) is 2.83. The Balaban J connectivity index is 1.69. The van der Waals surface area contributed by atoms with Gasteiger partial charge in [0.15, 0.2) is 5.78 Å². The lowest BCUT2D eigenvalue weighted by atomic mass is 10.0. The van der Waals surface area contributed by atoms with Gasteiger partial charge in [-0.05, 0) is 37.6 Å². The minimum atomic E-state index is 0.181. The maximum absolute atomic E-state index is 12.4. The monoisotopic (exact) mass is 275 g/mol. The first-order valence-electron chi connectivity index (χ1n) is 7.28. The van der Waals surface area contributed by atoms with Crippen molar-refractivity contribution in [1.82, 2.24) is 4.90 Å². The van der Waals surface area contributed by atoms with Gasteiger partial charge in [0.1, 0.15) is 5.75 Å². The van der Waals surface area contributed by atoms with E-state index in [1.165, 1.54) is 0 Å². The molecule has 0 aromatic heterocycles. The van der Waals surface area contributed by atoms with Crippen LogP contribution in [0.3, 0.4) is 0 Å². The molecule has 1 aromatic rings. The summed E-state index contributed by atoms with van der Waals surface area (Å²) >= 11 is 0. The smallest absolute Gasteiger partial charge is 0.176 e. The summed E-state index contributed by atoms with van der Waals surface area (Å²) in [6, 6.07) is 6.08. The molecule has 2 aliphatic rings. The highest BCUT2D eigenvalue weighted by Gasteiger charge is 2.25. The molecule has 4 nitrogen and oxygen atoms in total. The van der Waals surface area contributed by atoms with E-state index in [1.807, 2.05) is 18.2 Å². The normalized spacial score (nSPS) is 26.1. The van der Waals surface area contributed by atoms with Gasteiger partial charge >= 0.3 is 0 Å². The molecule has 0 spiro atoms. The van der Waals surface area contributed by atoms with Crippen LogP contribution in [0, 0.1) is 0 Å². The number of morpholine rings is 1. The summed E-state index contributed by atoms with van der Waals surface area (Å²) in [4.78, 5) is 14.7. The highest BCUT2D eigenvalue weighted by atomic mass is 16.5. The van der Waals surface area contributed by atoms with Crippen LogP contribution in [-0.4, -0.2) is 49.1 Å². The van der Waals surface area contributed by atoms with Crippen LogP contribution < -0.4 is 4.74 Å². The summed E-state index contributed by atoms with van der Waals surface area (Å²) in [5.74, 6) is 1.11. The van der Waals surface area contributed by atoms with Crippen LogP contribution in [0.25, 0.3) is 0 Å². The van der Waals surface area contributed by atoms with E-state index in [0.29, 0.717) is 19.2 Å². The molecular weight excluding hydrogens is 254 g/mol. The van der Waals surface area contributed by atoms with Crippen LogP contribution in [0.1, 0.15) is 29.8 Å². The molecule has 2 aliphatic heterocycles. The molecule has 2 heterocycles. The largest absolute Gasteiger partial charge is 0.493 e. The third kappa shape index (κ3) is 2.72. The first-order chi connectivity index (χ1) is 9.63. The number of Topliss-reactive ketones (excluding diaryl/α,β-unsaturated/α-hetero) is 1. The van der Waals surface area contributed by atoms with Crippen molar-refractivity contribution in [3.8, 4) is 5.75 Å². The molecule has 0 bridgehead atoms. The van der Waals surface area contributed by atoms with E-state index in [9.17, 15) is 4.79 Å². The van der Waals surface area contributed by atoms with E-state index in [1.54, 1.807) is 0 Å². The number of hydrogen-bond acceptors (Lipinski definition) is 4. The quantitative estimate of drug-likeness (QED) is 0.790. The van der Waals surface area contributed by atoms with Gasteiger partial charge in [-0.15, -0.1) is 0 Å². The van der Waals surface area contributed by atoms with Crippen LogP contribution in [-0.2, 0) is 11.2 Å². The van der Waals surface area contributed by atoms with Gasteiger partial charge in [0.25, 0.3) is 0 Å². The van der Waals surface area contributed by atoms with E-state index in [0.717, 1.165) is 36.4 Å². The Morgan fingerprint density at radius 2 is 2.25 bits per heavy atom. The summed E-state index contributed by atoms with van der Waals surface area (Å²) < 4.78 is 11.1. The molecule has 0 N–H and O–H groups in total. The van der Waals surface area contributed by atoms with Crippen LogP contribution in [0.5, 0.6) is 5.75 Å². The van der Waals surface area contributed by atoms with Gasteiger partial charge in [0.2, 0.25) is 0 Å². The third-order valence-electron chi connectivity index (χ3n) is 4.10. The van der Waals surface area contributed by atoms with Crippen LogP contribution in [0.15, 0.2) is 18.2 Å². The average molecular weight is 275 g/mol. The molecule has 20 heavy (non-hydrogen) atoms. The molecule has 1 fully saturated rings. The lowest BCUT2D eigenvalue weighted by molar-refractivity contribution is -0.0460. The molecule has 4 heteroatoms. The lowest BCUT2D eigenvalue weighted by Gasteiger charge is -2.36. The fraction of sp³-hybridized carbons (Fsp3) is 0.562. The van der Waals surface area contributed by atoms with E-state index in [-0.39, 0.29) is 11.9 Å². The number of carbonyl (C=O) groups excluding carboxylic acids is 1. The number of rotatable bonds is 3. The zero-order valence-corrected chi connectivity index (χ0v) is 12.1. The number of nitrogens with zero attached hydrogens (tertiary/aromatic N) is 1. The molecule has 0 saturated carbocycles. The highest BCUT2D eigenvalue weighted by Crippen LogP contribution is 2.26. The summed E-state index contributed by atoms with van der Waals surface area (Å²) in [6.45, 7) is 6.87. The minimum absolute atomic E-state index is 0.181. The zero-order chi connectivity index (χ0) is 14.1. The number of hydrogen-bond donors (Lipinski definition) is 0. The van der Waals surface area contributed by atoms with E-state index in [2.05, 4.69) is 18.7 Å². The Labute approximate surface area is 119 Å². The summed E-state index contributed by atoms with van der Waals surface area (Å²) in [5, 5.41) is 0. The van der Waals surface area contributed by atoms with Crippen LogP contribution >= 0.6 is 0 Å². The predicted molar refractivity (Wildman–Crippen MR) is 76.4 cm³/mol. The Morgan fingerprint density at radius 3 is 3.10 bits per heavy atom. The molecule has 0 aliphatic carbocycles. The molecule has 0 amide bonds. The fourth-order valence-corrected chi connectivity index (χ4v) is 2.83. The second-order valence-electron chi connectivity index (χ2n) is 5.77. The van der Waals surface area contributed by atoms with Crippen molar-refractivity contribution in [1.29, 1.82) is 0 Å². The van der Waals surface area contributed by atoms with Crippen molar-refractivity contribution in [3.63, 3.8) is 0 Å². The van der Waals surface area contributed by atoms with Gasteiger partial charge in [0.05, 0.1) is 25.9 Å². The number of ketones is 1. The van der Waals surface area contributed by atoms with E-state index < -0.39 is 0 Å². The SMILES string of the molecule is CC1CN(CC(=O)c2ccc3c(c2)CCO3)C(C)CO1. The Morgan fingerprint density at radius 1 is 1.40 bits per heavy atom. The predicted octanol–water partition coefficient (Wildman–Crippen LogP) is 1.91. The van der Waals surface area contributed by atoms with Crippen molar-refractivity contribution in [2.24, 2.45) is 0 Å². The second-order valence-corrected chi connectivity index (χ2v) is 5.77. The summed E-state index contributed by atoms with van der Waals surface area (Å²) in [5.41, 5.74) is 1.94. The Bertz CT molecular complexity index is 514. The highest BCUT2D eigenvalue weighted by molar-refractivity contribution is 5.98. The zero-order valence-electron chi connectivity index (χ0n) is 12.1. The number of fused-ring (bicyclic) bond motifs is 1. The standard InChI is InChI=1S/C16H21NO3/c1-11-10-20-12(2)8-17(11)9-15(18)13-3-4-16-14(7-13)5-6-19-16/h3-4,7,11-12H,5-6,8-10H2,1-2H3. The van der Waals surface area contributed by atoms with Gasteiger partial charge in [-0.1, -0.05) is 0 Å². The lowest BCUT2D eigenvalue weighted by Crippen LogP contribution is -2.49. The summed E-state index contributed by atoms with van der Waals surface area (Å²) in [7, 11) is 0. The second kappa shape index (κ2) is 5.54. The Hall–Kier alpha value is -1.39. The van der Waals surface area contributed by atoms with Crippen molar-refractivity contribution in [2.45, 2.75) is 32.4 Å². The number of ether oxygens (including phenoxy) is 2. The van der Waals surface area contributed by atoms with Gasteiger partial charge in [-0.3, -0.25) is 9.69 Å². The maximum Gasteiger partial charge on any atom is 0.176 e. The van der Waals surface area contributed by atoms with Crippen molar-refractivity contribution < 1.29 is 14.3 Å². The van der Waals surface area contributed by atoms with E-state index in [4.69, 9.17) is 9.47 Å². The average Bonchev–Trinajstić information content (AvgIpc) is 2.90. The third-order valence-corrected chi connectivity index (χ3v) is 4.10. The van der Waals surface area contributed by atoms with Crippen LogP contribution in [0.2, 0.25) is 0 Å². The van der Waals surface area contributed by atoms with Gasteiger partial charge in [-0.25, -0.2) is 0 Å². The number of benzene rings is 1. The maximum atomic E-state index is 12.4.